The van der Waals surface area contributed by atoms with Crippen molar-refractivity contribution in [2.75, 3.05) is 0 Å². The Balaban J connectivity index is 4.62. The lowest BCUT2D eigenvalue weighted by Gasteiger charge is -2.22. The van der Waals surface area contributed by atoms with Crippen LogP contribution in [-0.2, 0) is 4.79 Å². The summed E-state index contributed by atoms with van der Waals surface area (Å²) in [5.41, 5.74) is 0.700. The molecule has 0 aromatic heterocycles. The van der Waals surface area contributed by atoms with Gasteiger partial charge in [0, 0.05) is 5.41 Å². The maximum atomic E-state index is 11.3. The third-order valence-electron chi connectivity index (χ3n) is 2.01. The van der Waals surface area contributed by atoms with Crippen LogP contribution in [0, 0.1) is 5.41 Å². The minimum atomic E-state index is -0.347. The molecule has 0 aromatic rings. The van der Waals surface area contributed by atoms with Gasteiger partial charge in [-0.1, -0.05) is 17.7 Å². The van der Waals surface area contributed by atoms with E-state index in [0.29, 0.717) is 0 Å². The lowest BCUT2D eigenvalue weighted by molar-refractivity contribution is -0.123. The molecule has 0 saturated heterocycles. The predicted molar refractivity (Wildman–Crippen MR) is 53.0 cm³/mol. The molecule has 0 radical (unpaired) electrons. The summed E-state index contributed by atoms with van der Waals surface area (Å²) < 4.78 is 0. The van der Waals surface area contributed by atoms with Crippen LogP contribution in [0.3, 0.4) is 0 Å². The fourth-order valence-corrected chi connectivity index (χ4v) is 1.30. The van der Waals surface area contributed by atoms with E-state index in [-0.39, 0.29) is 11.2 Å². The summed E-state index contributed by atoms with van der Waals surface area (Å²) in [5, 5.41) is 0. The zero-order valence-electron chi connectivity index (χ0n) is 8.48. The second kappa shape index (κ2) is 4.24. The van der Waals surface area contributed by atoms with Crippen LogP contribution in [0.25, 0.3) is 0 Å². The molecule has 0 aromatic carbocycles. The van der Waals surface area contributed by atoms with E-state index in [0.717, 1.165) is 12.0 Å². The Morgan fingerprint density at radius 3 is 2.25 bits per heavy atom. The van der Waals surface area contributed by atoms with Crippen LogP contribution in [0.2, 0.25) is 0 Å². The van der Waals surface area contributed by atoms with Gasteiger partial charge in [-0.05, 0) is 34.1 Å². The first-order valence-corrected chi connectivity index (χ1v) is 4.21. The van der Waals surface area contributed by atoms with Crippen LogP contribution < -0.4 is 0 Å². The molecule has 0 bridgehead atoms. The number of Topliss-reactive ketones (excluding diaryl/α,β-unsaturated/α-hetero) is 1. The van der Waals surface area contributed by atoms with Gasteiger partial charge in [0.25, 0.3) is 0 Å². The van der Waals surface area contributed by atoms with Crippen molar-refractivity contribution in [3.8, 4) is 0 Å². The Morgan fingerprint density at radius 2 is 2.00 bits per heavy atom. The highest BCUT2D eigenvalue weighted by Crippen LogP contribution is 2.27. The maximum Gasteiger partial charge on any atom is 0.139 e. The van der Waals surface area contributed by atoms with Gasteiger partial charge in [0.2, 0.25) is 0 Å². The first kappa shape index (κ1) is 11.2. The van der Waals surface area contributed by atoms with Crippen molar-refractivity contribution in [3.63, 3.8) is 0 Å². The van der Waals surface area contributed by atoms with Gasteiger partial charge in [0.15, 0.2) is 0 Å². The fourth-order valence-electron chi connectivity index (χ4n) is 1.30. The van der Waals surface area contributed by atoms with E-state index in [1.165, 1.54) is 0 Å². The largest absolute Gasteiger partial charge is 0.299 e. The molecule has 0 spiro atoms. The van der Waals surface area contributed by atoms with Gasteiger partial charge in [-0.15, -0.1) is 6.58 Å². The summed E-state index contributed by atoms with van der Waals surface area (Å²) in [6.07, 6.45) is 4.61. The molecule has 0 rings (SSSR count). The number of ketones is 1. The SMILES string of the molecule is C=C(C)CC(C)(/C=C/C)C(C)=O. The van der Waals surface area contributed by atoms with Crippen molar-refractivity contribution < 1.29 is 4.79 Å². The first-order chi connectivity index (χ1) is 5.42. The summed E-state index contributed by atoms with van der Waals surface area (Å²) in [4.78, 5) is 11.3. The predicted octanol–water partition coefficient (Wildman–Crippen LogP) is 3.12. The number of allylic oxidation sites excluding steroid dienone is 3. The van der Waals surface area contributed by atoms with Gasteiger partial charge in [-0.2, -0.15) is 0 Å². The smallest absolute Gasteiger partial charge is 0.139 e. The first-order valence-electron chi connectivity index (χ1n) is 4.21. The molecule has 0 saturated carbocycles. The summed E-state index contributed by atoms with van der Waals surface area (Å²) in [5.74, 6) is 0.198. The summed E-state index contributed by atoms with van der Waals surface area (Å²) in [6.45, 7) is 11.3. The lowest BCUT2D eigenvalue weighted by atomic mass is 9.80. The highest BCUT2D eigenvalue weighted by Gasteiger charge is 2.25. The third kappa shape index (κ3) is 3.04. The molecule has 1 unspecified atom stereocenters. The summed E-state index contributed by atoms with van der Waals surface area (Å²) in [7, 11) is 0. The Hall–Kier alpha value is -0.850. The Bertz CT molecular complexity index is 213. The van der Waals surface area contributed by atoms with E-state index in [1.54, 1.807) is 6.92 Å². The lowest BCUT2D eigenvalue weighted by Crippen LogP contribution is -2.22. The number of hydrogen-bond acceptors (Lipinski definition) is 1. The van der Waals surface area contributed by atoms with Crippen molar-refractivity contribution in [1.82, 2.24) is 0 Å². The molecular formula is C11H18O. The van der Waals surface area contributed by atoms with Crippen molar-refractivity contribution in [2.45, 2.75) is 34.1 Å². The number of carbonyl (C=O) groups excluding carboxylic acids is 1. The van der Waals surface area contributed by atoms with Crippen LogP contribution in [-0.4, -0.2) is 5.78 Å². The average molecular weight is 166 g/mol. The maximum absolute atomic E-state index is 11.3. The molecule has 0 fully saturated rings. The van der Waals surface area contributed by atoms with Crippen molar-refractivity contribution in [3.05, 3.63) is 24.3 Å². The second-order valence-corrected chi connectivity index (χ2v) is 3.61. The zero-order valence-corrected chi connectivity index (χ0v) is 8.48. The Kier molecular flexibility index (Phi) is 3.94. The minimum absolute atomic E-state index is 0.198. The van der Waals surface area contributed by atoms with Gasteiger partial charge in [0.05, 0.1) is 0 Å². The van der Waals surface area contributed by atoms with Crippen molar-refractivity contribution in [1.29, 1.82) is 0 Å². The van der Waals surface area contributed by atoms with E-state index < -0.39 is 0 Å². The number of carbonyl (C=O) groups is 1. The van der Waals surface area contributed by atoms with Gasteiger partial charge >= 0.3 is 0 Å². The molecule has 0 amide bonds. The molecule has 0 aliphatic rings. The van der Waals surface area contributed by atoms with E-state index in [9.17, 15) is 4.79 Å². The van der Waals surface area contributed by atoms with Crippen LogP contribution in [0.4, 0.5) is 0 Å². The molecule has 12 heavy (non-hydrogen) atoms. The van der Waals surface area contributed by atoms with E-state index in [2.05, 4.69) is 6.58 Å². The Morgan fingerprint density at radius 1 is 1.50 bits per heavy atom. The Labute approximate surface area is 75.2 Å². The molecule has 0 aliphatic carbocycles. The van der Waals surface area contributed by atoms with Gasteiger partial charge in [0.1, 0.15) is 5.78 Å². The van der Waals surface area contributed by atoms with Crippen LogP contribution in [0.15, 0.2) is 24.3 Å². The summed E-state index contributed by atoms with van der Waals surface area (Å²) in [6, 6.07) is 0. The second-order valence-electron chi connectivity index (χ2n) is 3.61. The normalized spacial score (nSPS) is 16.0. The minimum Gasteiger partial charge on any atom is -0.299 e. The fraction of sp³-hybridized carbons (Fsp3) is 0.545. The molecular weight excluding hydrogens is 148 g/mol. The van der Waals surface area contributed by atoms with Gasteiger partial charge in [-0.25, -0.2) is 0 Å². The molecule has 1 atom stereocenters. The number of rotatable bonds is 4. The topological polar surface area (TPSA) is 17.1 Å². The standard InChI is InChI=1S/C11H18O/c1-6-7-11(5,10(4)12)8-9(2)3/h6-7H,2,8H2,1,3-5H3/b7-6+. The molecule has 68 valence electrons. The number of hydrogen-bond donors (Lipinski definition) is 0. The van der Waals surface area contributed by atoms with Gasteiger partial charge in [-0.3, -0.25) is 4.79 Å². The molecule has 0 aliphatic heterocycles. The quantitative estimate of drug-likeness (QED) is 0.586. The van der Waals surface area contributed by atoms with Crippen molar-refractivity contribution >= 4 is 5.78 Å². The average Bonchev–Trinajstić information content (AvgIpc) is 1.85. The third-order valence-corrected chi connectivity index (χ3v) is 2.01. The van der Waals surface area contributed by atoms with Crippen LogP contribution >= 0.6 is 0 Å². The van der Waals surface area contributed by atoms with Gasteiger partial charge < -0.3 is 0 Å². The monoisotopic (exact) mass is 166 g/mol. The van der Waals surface area contributed by atoms with E-state index >= 15 is 0 Å². The molecule has 0 N–H and O–H groups in total. The van der Waals surface area contributed by atoms with Crippen LogP contribution in [0.5, 0.6) is 0 Å². The van der Waals surface area contributed by atoms with Crippen LogP contribution in [0.1, 0.15) is 34.1 Å². The van der Waals surface area contributed by atoms with E-state index in [4.69, 9.17) is 0 Å². The highest BCUT2D eigenvalue weighted by molar-refractivity contribution is 5.84. The van der Waals surface area contributed by atoms with Crippen molar-refractivity contribution in [2.24, 2.45) is 5.41 Å². The molecule has 1 heteroatoms. The zero-order chi connectivity index (χ0) is 9.78. The highest BCUT2D eigenvalue weighted by atomic mass is 16.1. The summed E-state index contributed by atoms with van der Waals surface area (Å²) >= 11 is 0. The molecule has 0 heterocycles. The van der Waals surface area contributed by atoms with E-state index in [1.807, 2.05) is 32.9 Å². The molecule has 1 nitrogen and oxygen atoms in total.